The van der Waals surface area contributed by atoms with Gasteiger partial charge in [0.1, 0.15) is 6.29 Å². The fourth-order valence-corrected chi connectivity index (χ4v) is 0.805. The molecule has 0 atom stereocenters. The number of carbonyl (C=O) groups is 2. The van der Waals surface area contributed by atoms with Crippen LogP contribution < -0.4 is 0 Å². The molecule has 1 rings (SSSR count). The van der Waals surface area contributed by atoms with Gasteiger partial charge in [-0.3, -0.25) is 9.59 Å². The minimum absolute atomic E-state index is 0.167. The highest BCUT2D eigenvalue weighted by molar-refractivity contribution is 5.93. The molecule has 0 fully saturated rings. The van der Waals surface area contributed by atoms with Crippen molar-refractivity contribution in [2.24, 2.45) is 0 Å². The lowest BCUT2D eigenvalue weighted by molar-refractivity contribution is -0.111. The average Bonchev–Trinajstić information content (AvgIpc) is 2.15. The first kappa shape index (κ1) is 9.21. The fraction of sp³-hybridized carbons (Fsp3) is 0.0909. The number of hydrogen-bond donors (Lipinski definition) is 0. The van der Waals surface area contributed by atoms with Crippen LogP contribution in [0.2, 0.25) is 0 Å². The van der Waals surface area contributed by atoms with Crippen LogP contribution in [-0.4, -0.2) is 12.1 Å². The summed E-state index contributed by atoms with van der Waals surface area (Å²) in [5, 5.41) is 0. The van der Waals surface area contributed by atoms with Gasteiger partial charge in [-0.2, -0.15) is 0 Å². The lowest BCUT2D eigenvalue weighted by Gasteiger charge is -1.89. The van der Waals surface area contributed by atoms with Gasteiger partial charge in [-0.15, -0.1) is 0 Å². The highest BCUT2D eigenvalue weighted by Crippen LogP contribution is 2.00. The second-order valence-corrected chi connectivity index (χ2v) is 2.55. The third kappa shape index (κ3) is 2.92. The maximum Gasteiger partial charge on any atom is 0.202 e. The van der Waals surface area contributed by atoms with E-state index in [-0.39, 0.29) is 5.78 Å². The zero-order valence-electron chi connectivity index (χ0n) is 7.20. The van der Waals surface area contributed by atoms with Crippen molar-refractivity contribution < 1.29 is 9.59 Å². The van der Waals surface area contributed by atoms with Gasteiger partial charge in [0.05, 0.1) is 0 Å². The Morgan fingerprint density at radius 3 is 2.38 bits per heavy atom. The molecule has 0 bridgehead atoms. The zero-order valence-corrected chi connectivity index (χ0v) is 7.20. The minimum atomic E-state index is -0.167. The molecular weight excluding hydrogens is 164 g/mol. The van der Waals surface area contributed by atoms with Crippen molar-refractivity contribution in [3.8, 4) is 11.8 Å². The van der Waals surface area contributed by atoms with Crippen LogP contribution in [0.5, 0.6) is 0 Å². The minimum Gasteiger partial charge on any atom is -0.298 e. The van der Waals surface area contributed by atoms with E-state index in [9.17, 15) is 9.59 Å². The summed E-state index contributed by atoms with van der Waals surface area (Å²) in [5.41, 5.74) is 1.34. The van der Waals surface area contributed by atoms with Gasteiger partial charge in [0.15, 0.2) is 0 Å². The third-order valence-electron chi connectivity index (χ3n) is 1.43. The van der Waals surface area contributed by atoms with Crippen LogP contribution in [0.3, 0.4) is 0 Å². The second kappa shape index (κ2) is 4.22. The number of hydrogen-bond acceptors (Lipinski definition) is 2. The van der Waals surface area contributed by atoms with E-state index in [1.807, 2.05) is 0 Å². The average molecular weight is 172 g/mol. The molecule has 0 aliphatic rings. The molecule has 0 aliphatic heterocycles. The first-order valence-electron chi connectivity index (χ1n) is 3.80. The Morgan fingerprint density at radius 2 is 1.92 bits per heavy atom. The molecule has 0 saturated carbocycles. The van der Waals surface area contributed by atoms with Crippen LogP contribution in [-0.2, 0) is 4.79 Å². The molecule has 1 aromatic carbocycles. The van der Waals surface area contributed by atoms with Crippen molar-refractivity contribution in [2.75, 3.05) is 0 Å². The summed E-state index contributed by atoms with van der Waals surface area (Å²) >= 11 is 0. The quantitative estimate of drug-likeness (QED) is 0.474. The van der Waals surface area contributed by atoms with Gasteiger partial charge in [-0.05, 0) is 18.1 Å². The van der Waals surface area contributed by atoms with Crippen molar-refractivity contribution in [3.05, 3.63) is 35.4 Å². The molecule has 0 N–H and O–H groups in total. The number of benzene rings is 1. The molecule has 64 valence electrons. The lowest BCUT2D eigenvalue weighted by atomic mass is 10.1. The molecule has 0 spiro atoms. The predicted octanol–water partition coefficient (Wildman–Crippen LogP) is 1.44. The lowest BCUT2D eigenvalue weighted by Crippen LogP contribution is -1.83. The standard InChI is InChI=1S/C11H8O2/c1-9(13)2-3-10-4-6-11(8-12)7-5-10/h4-8H,1H3. The van der Waals surface area contributed by atoms with Gasteiger partial charge < -0.3 is 0 Å². The molecule has 0 aliphatic carbocycles. The van der Waals surface area contributed by atoms with Crippen molar-refractivity contribution in [2.45, 2.75) is 6.92 Å². The normalized spacial score (nSPS) is 8.38. The summed E-state index contributed by atoms with van der Waals surface area (Å²) in [5.74, 6) is 4.93. The molecule has 0 radical (unpaired) electrons. The summed E-state index contributed by atoms with van der Waals surface area (Å²) in [7, 11) is 0. The number of carbonyl (C=O) groups excluding carboxylic acids is 2. The summed E-state index contributed by atoms with van der Waals surface area (Å²) in [6, 6.07) is 6.74. The van der Waals surface area contributed by atoms with Crippen LogP contribution in [0.25, 0.3) is 0 Å². The van der Waals surface area contributed by atoms with Crippen LogP contribution in [0.1, 0.15) is 22.8 Å². The maximum atomic E-state index is 10.5. The first-order chi connectivity index (χ1) is 6.22. The van der Waals surface area contributed by atoms with Crippen molar-refractivity contribution in [1.29, 1.82) is 0 Å². The largest absolute Gasteiger partial charge is 0.298 e. The topological polar surface area (TPSA) is 34.1 Å². The Bertz CT molecular complexity index is 377. The van der Waals surface area contributed by atoms with Gasteiger partial charge in [0.2, 0.25) is 5.78 Å². The van der Waals surface area contributed by atoms with E-state index in [0.29, 0.717) is 5.56 Å². The monoisotopic (exact) mass is 172 g/mol. The van der Waals surface area contributed by atoms with Crippen LogP contribution >= 0.6 is 0 Å². The van der Waals surface area contributed by atoms with E-state index in [2.05, 4.69) is 11.8 Å². The SMILES string of the molecule is CC(=O)C#Cc1ccc(C=O)cc1. The molecule has 2 nitrogen and oxygen atoms in total. The van der Waals surface area contributed by atoms with Crippen LogP contribution in [0, 0.1) is 11.8 Å². The van der Waals surface area contributed by atoms with Gasteiger partial charge in [-0.25, -0.2) is 0 Å². The maximum absolute atomic E-state index is 10.5. The highest BCUT2D eigenvalue weighted by Gasteiger charge is 1.89. The number of ketones is 1. The Kier molecular flexibility index (Phi) is 2.99. The molecule has 13 heavy (non-hydrogen) atoms. The molecule has 1 aromatic rings. The molecule has 0 saturated heterocycles. The molecule has 0 heterocycles. The number of rotatable bonds is 1. The van der Waals surface area contributed by atoms with E-state index in [0.717, 1.165) is 11.8 Å². The molecular formula is C11H8O2. The van der Waals surface area contributed by atoms with Crippen molar-refractivity contribution in [3.63, 3.8) is 0 Å². The van der Waals surface area contributed by atoms with E-state index in [1.54, 1.807) is 24.3 Å². The van der Waals surface area contributed by atoms with Gasteiger partial charge in [0.25, 0.3) is 0 Å². The van der Waals surface area contributed by atoms with Crippen LogP contribution in [0.15, 0.2) is 24.3 Å². The Balaban J connectivity index is 2.88. The van der Waals surface area contributed by atoms with Crippen molar-refractivity contribution >= 4 is 12.1 Å². The summed E-state index contributed by atoms with van der Waals surface area (Å²) in [6.07, 6.45) is 0.766. The number of aldehydes is 1. The van der Waals surface area contributed by atoms with Gasteiger partial charge in [0, 0.05) is 18.1 Å². The zero-order chi connectivity index (χ0) is 9.68. The van der Waals surface area contributed by atoms with E-state index in [4.69, 9.17) is 0 Å². The summed E-state index contributed by atoms with van der Waals surface area (Å²) < 4.78 is 0. The van der Waals surface area contributed by atoms with Crippen molar-refractivity contribution in [1.82, 2.24) is 0 Å². The van der Waals surface area contributed by atoms with E-state index >= 15 is 0 Å². The second-order valence-electron chi connectivity index (χ2n) is 2.55. The van der Waals surface area contributed by atoms with Gasteiger partial charge in [-0.1, -0.05) is 18.1 Å². The number of Topliss-reactive ketones (excluding diaryl/α,β-unsaturated/α-hetero) is 1. The smallest absolute Gasteiger partial charge is 0.202 e. The van der Waals surface area contributed by atoms with Gasteiger partial charge >= 0.3 is 0 Å². The Hall–Kier alpha value is -1.88. The van der Waals surface area contributed by atoms with Crippen LogP contribution in [0.4, 0.5) is 0 Å². The Morgan fingerprint density at radius 1 is 1.31 bits per heavy atom. The predicted molar refractivity (Wildman–Crippen MR) is 49.4 cm³/mol. The first-order valence-corrected chi connectivity index (χ1v) is 3.80. The third-order valence-corrected chi connectivity index (χ3v) is 1.43. The molecule has 0 unspecified atom stereocenters. The molecule has 0 amide bonds. The molecule has 0 aromatic heterocycles. The highest BCUT2D eigenvalue weighted by atomic mass is 16.1. The van der Waals surface area contributed by atoms with E-state index in [1.165, 1.54) is 6.92 Å². The Labute approximate surface area is 76.6 Å². The summed E-state index contributed by atoms with van der Waals surface area (Å²) in [4.78, 5) is 20.8. The fourth-order valence-electron chi connectivity index (χ4n) is 0.805. The summed E-state index contributed by atoms with van der Waals surface area (Å²) in [6.45, 7) is 1.41. The molecule has 2 heteroatoms. The van der Waals surface area contributed by atoms with E-state index < -0.39 is 0 Å².